The van der Waals surface area contributed by atoms with Crippen molar-refractivity contribution in [3.05, 3.63) is 77.1 Å². The molecule has 1 fully saturated rings. The molecule has 3 aromatic carbocycles. The van der Waals surface area contributed by atoms with E-state index in [-0.39, 0.29) is 0 Å². The minimum absolute atomic E-state index is 0.372. The quantitative estimate of drug-likeness (QED) is 0.541. The van der Waals surface area contributed by atoms with Gasteiger partial charge in [0.15, 0.2) is 0 Å². The van der Waals surface area contributed by atoms with Gasteiger partial charge in [0.1, 0.15) is 5.82 Å². The number of halogens is 1. The standard InChI is InChI=1S/C24H25ClN4/c1-28-23(27-21-11-8-17-4-2-3-5-20(17)24(21)28)12-14-29-15-13-26-16-22(29)18-6-9-19(25)10-7-18/h2-11,22,26H,12-16H2,1H3. The third kappa shape index (κ3) is 3.52. The van der Waals surface area contributed by atoms with Crippen LogP contribution in [0.15, 0.2) is 60.7 Å². The van der Waals surface area contributed by atoms with Crippen LogP contribution in [0.1, 0.15) is 17.4 Å². The maximum Gasteiger partial charge on any atom is 0.110 e. The van der Waals surface area contributed by atoms with Crippen molar-refractivity contribution in [3.8, 4) is 0 Å². The summed E-state index contributed by atoms with van der Waals surface area (Å²) in [6.07, 6.45) is 0.934. The van der Waals surface area contributed by atoms with Crippen LogP contribution in [-0.2, 0) is 13.5 Å². The first kappa shape index (κ1) is 18.6. The van der Waals surface area contributed by atoms with Crippen molar-refractivity contribution in [1.29, 1.82) is 0 Å². The van der Waals surface area contributed by atoms with Gasteiger partial charge in [-0.1, -0.05) is 54.1 Å². The third-order valence-electron chi connectivity index (χ3n) is 6.08. The van der Waals surface area contributed by atoms with Gasteiger partial charge in [-0.05, 0) is 29.1 Å². The zero-order valence-electron chi connectivity index (χ0n) is 16.6. The average molecular weight is 405 g/mol. The largest absolute Gasteiger partial charge is 0.331 e. The first-order valence-electron chi connectivity index (χ1n) is 10.2. The van der Waals surface area contributed by atoms with Crippen LogP contribution in [0, 0.1) is 0 Å². The van der Waals surface area contributed by atoms with E-state index in [2.05, 4.69) is 70.4 Å². The van der Waals surface area contributed by atoms with Crippen LogP contribution < -0.4 is 5.32 Å². The fourth-order valence-corrected chi connectivity index (χ4v) is 4.65. The van der Waals surface area contributed by atoms with Gasteiger partial charge in [-0.15, -0.1) is 0 Å². The summed E-state index contributed by atoms with van der Waals surface area (Å²) in [5.74, 6) is 1.14. The lowest BCUT2D eigenvalue weighted by molar-refractivity contribution is 0.163. The molecule has 2 heterocycles. The molecule has 0 saturated carbocycles. The van der Waals surface area contributed by atoms with Crippen molar-refractivity contribution in [2.45, 2.75) is 12.5 Å². The number of imidazole rings is 1. The Hall–Kier alpha value is -2.40. The molecule has 4 aromatic rings. The zero-order valence-corrected chi connectivity index (χ0v) is 17.4. The molecule has 0 spiro atoms. The van der Waals surface area contributed by atoms with E-state index in [4.69, 9.17) is 16.6 Å². The highest BCUT2D eigenvalue weighted by molar-refractivity contribution is 6.30. The highest BCUT2D eigenvalue weighted by Gasteiger charge is 2.24. The van der Waals surface area contributed by atoms with Crippen molar-refractivity contribution in [2.24, 2.45) is 7.05 Å². The predicted molar refractivity (Wildman–Crippen MR) is 121 cm³/mol. The van der Waals surface area contributed by atoms with Gasteiger partial charge in [0.2, 0.25) is 0 Å². The maximum atomic E-state index is 6.09. The molecule has 1 N–H and O–H groups in total. The van der Waals surface area contributed by atoms with E-state index >= 15 is 0 Å². The van der Waals surface area contributed by atoms with Gasteiger partial charge in [0.25, 0.3) is 0 Å². The molecule has 29 heavy (non-hydrogen) atoms. The number of nitrogens with one attached hydrogen (secondary N) is 1. The number of benzene rings is 3. The van der Waals surface area contributed by atoms with Gasteiger partial charge in [-0.25, -0.2) is 4.98 Å². The molecule has 1 saturated heterocycles. The van der Waals surface area contributed by atoms with Crippen LogP contribution in [-0.4, -0.2) is 40.6 Å². The molecule has 1 aliphatic heterocycles. The Balaban J connectivity index is 1.41. The number of hydrogen-bond acceptors (Lipinski definition) is 3. The minimum atomic E-state index is 0.372. The van der Waals surface area contributed by atoms with Gasteiger partial charge >= 0.3 is 0 Å². The van der Waals surface area contributed by atoms with Crippen LogP contribution in [0.5, 0.6) is 0 Å². The number of aryl methyl sites for hydroxylation is 1. The first-order chi connectivity index (χ1) is 14.2. The molecule has 1 unspecified atom stereocenters. The second-order valence-corrected chi connectivity index (χ2v) is 8.24. The number of rotatable bonds is 4. The third-order valence-corrected chi connectivity index (χ3v) is 6.34. The lowest BCUT2D eigenvalue weighted by Gasteiger charge is -2.36. The highest BCUT2D eigenvalue weighted by atomic mass is 35.5. The first-order valence-corrected chi connectivity index (χ1v) is 10.6. The van der Waals surface area contributed by atoms with Crippen molar-refractivity contribution in [3.63, 3.8) is 0 Å². The Morgan fingerprint density at radius 2 is 1.90 bits per heavy atom. The molecule has 148 valence electrons. The predicted octanol–water partition coefficient (Wildman–Crippen LogP) is 4.57. The fourth-order valence-electron chi connectivity index (χ4n) is 4.52. The molecule has 0 aliphatic carbocycles. The zero-order chi connectivity index (χ0) is 19.8. The molecule has 4 nitrogen and oxygen atoms in total. The summed E-state index contributed by atoms with van der Waals surface area (Å²) in [4.78, 5) is 7.53. The Kier molecular flexibility index (Phi) is 5.00. The smallest absolute Gasteiger partial charge is 0.110 e. The van der Waals surface area contributed by atoms with Crippen molar-refractivity contribution in [2.75, 3.05) is 26.2 Å². The summed E-state index contributed by atoms with van der Waals surface area (Å²) in [6, 6.07) is 21.5. The summed E-state index contributed by atoms with van der Waals surface area (Å²) < 4.78 is 2.27. The van der Waals surface area contributed by atoms with Crippen LogP contribution in [0.25, 0.3) is 21.8 Å². The second kappa shape index (κ2) is 7.79. The fraction of sp³-hybridized carbons (Fsp3) is 0.292. The summed E-state index contributed by atoms with van der Waals surface area (Å²) in [5.41, 5.74) is 3.63. The Labute approximate surface area is 176 Å². The number of aromatic nitrogens is 2. The maximum absolute atomic E-state index is 6.09. The molecular weight excluding hydrogens is 380 g/mol. The van der Waals surface area contributed by atoms with E-state index in [9.17, 15) is 0 Å². The number of fused-ring (bicyclic) bond motifs is 3. The number of piperazine rings is 1. The molecule has 5 heteroatoms. The SMILES string of the molecule is Cn1c(CCN2CCNCC2c2ccc(Cl)cc2)nc2ccc3ccccc3c21. The summed E-state index contributed by atoms with van der Waals surface area (Å²) in [7, 11) is 2.14. The van der Waals surface area contributed by atoms with Gasteiger partial charge < -0.3 is 9.88 Å². The average Bonchev–Trinajstić information content (AvgIpc) is 3.09. The molecule has 0 amide bonds. The van der Waals surface area contributed by atoms with Gasteiger partial charge in [0, 0.05) is 56.1 Å². The molecule has 1 atom stereocenters. The topological polar surface area (TPSA) is 33.1 Å². The Morgan fingerprint density at radius 1 is 1.07 bits per heavy atom. The van der Waals surface area contributed by atoms with Crippen molar-refractivity contribution < 1.29 is 0 Å². The summed E-state index contributed by atoms with van der Waals surface area (Å²) in [6.45, 7) is 4.02. The molecule has 1 aromatic heterocycles. The van der Waals surface area contributed by atoms with E-state index in [1.807, 2.05) is 12.1 Å². The molecule has 0 bridgehead atoms. The second-order valence-electron chi connectivity index (χ2n) is 7.80. The van der Waals surface area contributed by atoms with E-state index in [0.717, 1.165) is 49.0 Å². The monoisotopic (exact) mass is 404 g/mol. The van der Waals surface area contributed by atoms with Crippen LogP contribution in [0.2, 0.25) is 5.02 Å². The summed E-state index contributed by atoms with van der Waals surface area (Å²) >= 11 is 6.09. The molecule has 1 aliphatic rings. The van der Waals surface area contributed by atoms with E-state index in [1.54, 1.807) is 0 Å². The minimum Gasteiger partial charge on any atom is -0.331 e. The highest BCUT2D eigenvalue weighted by Crippen LogP contribution is 2.27. The van der Waals surface area contributed by atoms with E-state index < -0.39 is 0 Å². The lowest BCUT2D eigenvalue weighted by Crippen LogP contribution is -2.46. The van der Waals surface area contributed by atoms with Crippen LogP contribution in [0.4, 0.5) is 0 Å². The summed E-state index contributed by atoms with van der Waals surface area (Å²) in [5, 5.41) is 6.86. The van der Waals surface area contributed by atoms with Crippen molar-refractivity contribution in [1.82, 2.24) is 19.8 Å². The molecule has 0 radical (unpaired) electrons. The van der Waals surface area contributed by atoms with Crippen molar-refractivity contribution >= 4 is 33.4 Å². The Bertz CT molecular complexity index is 1150. The number of nitrogens with zero attached hydrogens (tertiary/aromatic N) is 3. The Morgan fingerprint density at radius 3 is 2.76 bits per heavy atom. The molecule has 5 rings (SSSR count). The van der Waals surface area contributed by atoms with Crippen LogP contribution in [0.3, 0.4) is 0 Å². The molecular formula is C24H25ClN4. The normalized spacial score (nSPS) is 17.9. The van der Waals surface area contributed by atoms with Crippen LogP contribution >= 0.6 is 11.6 Å². The number of hydrogen-bond donors (Lipinski definition) is 1. The van der Waals surface area contributed by atoms with Gasteiger partial charge in [0.05, 0.1) is 11.0 Å². The van der Waals surface area contributed by atoms with E-state index in [0.29, 0.717) is 6.04 Å². The van der Waals surface area contributed by atoms with Gasteiger partial charge in [-0.2, -0.15) is 0 Å². The van der Waals surface area contributed by atoms with E-state index in [1.165, 1.54) is 21.9 Å². The lowest BCUT2D eigenvalue weighted by atomic mass is 10.0. The van der Waals surface area contributed by atoms with Gasteiger partial charge in [-0.3, -0.25) is 4.90 Å².